The monoisotopic (exact) mass is 352 g/mol. The van der Waals surface area contributed by atoms with E-state index >= 15 is 0 Å². The van der Waals surface area contributed by atoms with Crippen molar-refractivity contribution in [1.29, 1.82) is 0 Å². The molecule has 140 valence electrons. The normalized spacial score (nSPS) is 11.6. The molecule has 0 saturated carbocycles. The van der Waals surface area contributed by atoms with Crippen LogP contribution in [0.4, 0.5) is 0 Å². The number of aromatic hydroxyl groups is 1. The van der Waals surface area contributed by atoms with Crippen molar-refractivity contribution in [2.75, 3.05) is 20.8 Å². The van der Waals surface area contributed by atoms with Crippen LogP contribution in [0.2, 0.25) is 0 Å². The SMILES string of the molecule is COc1c(C)c(OC)c(CC=CCOC(=O)C(C)(C)C)c(CO)c1O. The number of aliphatic hydroxyl groups excluding tert-OH is 1. The Labute approximate surface area is 149 Å². The first-order valence-corrected chi connectivity index (χ1v) is 8.07. The number of methoxy groups -OCH3 is 2. The van der Waals surface area contributed by atoms with Gasteiger partial charge in [-0.05, 0) is 34.1 Å². The third-order valence-corrected chi connectivity index (χ3v) is 3.80. The average Bonchev–Trinajstić information content (AvgIpc) is 2.54. The number of benzene rings is 1. The highest BCUT2D eigenvalue weighted by atomic mass is 16.5. The Morgan fingerprint density at radius 1 is 1.08 bits per heavy atom. The number of ether oxygens (including phenoxy) is 3. The summed E-state index contributed by atoms with van der Waals surface area (Å²) >= 11 is 0. The Morgan fingerprint density at radius 2 is 1.68 bits per heavy atom. The van der Waals surface area contributed by atoms with Crippen LogP contribution in [0.5, 0.6) is 17.2 Å². The molecule has 1 aromatic carbocycles. The molecule has 0 heterocycles. The molecule has 0 fully saturated rings. The number of esters is 1. The standard InChI is InChI=1S/C19H28O6/c1-12-16(23-5)13(14(11-20)15(21)17(12)24-6)9-7-8-10-25-18(22)19(2,3)4/h7-8,20-21H,9-11H2,1-6H3. The second-order valence-corrected chi connectivity index (χ2v) is 6.68. The minimum Gasteiger partial charge on any atom is -0.504 e. The molecule has 0 spiro atoms. The summed E-state index contributed by atoms with van der Waals surface area (Å²) in [5, 5.41) is 19.9. The van der Waals surface area contributed by atoms with E-state index in [1.54, 1.807) is 39.8 Å². The van der Waals surface area contributed by atoms with E-state index < -0.39 is 5.41 Å². The molecule has 0 saturated heterocycles. The number of allylic oxidation sites excluding steroid dienone is 1. The third kappa shape index (κ3) is 4.89. The zero-order valence-electron chi connectivity index (χ0n) is 15.8. The molecule has 1 rings (SSSR count). The second-order valence-electron chi connectivity index (χ2n) is 6.68. The highest BCUT2D eigenvalue weighted by Gasteiger charge is 2.23. The van der Waals surface area contributed by atoms with Crippen LogP contribution in [0.25, 0.3) is 0 Å². The molecule has 6 heteroatoms. The van der Waals surface area contributed by atoms with Gasteiger partial charge in [-0.25, -0.2) is 0 Å². The summed E-state index contributed by atoms with van der Waals surface area (Å²) < 4.78 is 15.8. The average molecular weight is 352 g/mol. The van der Waals surface area contributed by atoms with Crippen molar-refractivity contribution >= 4 is 5.97 Å². The molecule has 25 heavy (non-hydrogen) atoms. The van der Waals surface area contributed by atoms with Gasteiger partial charge in [0.15, 0.2) is 11.5 Å². The van der Waals surface area contributed by atoms with Gasteiger partial charge in [-0.3, -0.25) is 4.79 Å². The van der Waals surface area contributed by atoms with E-state index in [2.05, 4.69) is 0 Å². The first-order chi connectivity index (χ1) is 11.7. The van der Waals surface area contributed by atoms with Gasteiger partial charge in [0.2, 0.25) is 0 Å². The van der Waals surface area contributed by atoms with Gasteiger partial charge >= 0.3 is 5.97 Å². The van der Waals surface area contributed by atoms with Crippen LogP contribution >= 0.6 is 0 Å². The molecular weight excluding hydrogens is 324 g/mol. The number of hydrogen-bond acceptors (Lipinski definition) is 6. The Balaban J connectivity index is 2.98. The second kappa shape index (κ2) is 8.76. The fourth-order valence-electron chi connectivity index (χ4n) is 2.45. The molecular formula is C19H28O6. The van der Waals surface area contributed by atoms with Crippen molar-refractivity contribution in [3.8, 4) is 17.2 Å². The van der Waals surface area contributed by atoms with Gasteiger partial charge in [-0.1, -0.05) is 12.2 Å². The van der Waals surface area contributed by atoms with Crippen molar-refractivity contribution in [2.45, 2.75) is 40.7 Å². The van der Waals surface area contributed by atoms with Gasteiger partial charge in [-0.15, -0.1) is 0 Å². The molecule has 2 N–H and O–H groups in total. The van der Waals surface area contributed by atoms with Crippen LogP contribution in [-0.4, -0.2) is 37.0 Å². The van der Waals surface area contributed by atoms with E-state index in [-0.39, 0.29) is 30.7 Å². The molecule has 0 bridgehead atoms. The minimum absolute atomic E-state index is 0.0918. The molecule has 0 atom stereocenters. The summed E-state index contributed by atoms with van der Waals surface area (Å²) in [6, 6.07) is 0. The van der Waals surface area contributed by atoms with E-state index in [1.165, 1.54) is 14.2 Å². The Bertz CT molecular complexity index is 609. The zero-order valence-corrected chi connectivity index (χ0v) is 15.8. The Kier molecular flexibility index (Phi) is 7.30. The molecule has 0 unspecified atom stereocenters. The molecule has 0 aliphatic rings. The fraction of sp³-hybridized carbons (Fsp3) is 0.526. The summed E-state index contributed by atoms with van der Waals surface area (Å²) in [7, 11) is 2.98. The minimum atomic E-state index is -0.542. The highest BCUT2D eigenvalue weighted by Crippen LogP contribution is 2.43. The molecule has 6 nitrogen and oxygen atoms in total. The fourth-order valence-corrected chi connectivity index (χ4v) is 2.45. The van der Waals surface area contributed by atoms with E-state index in [4.69, 9.17) is 14.2 Å². The maximum absolute atomic E-state index is 11.7. The summed E-state index contributed by atoms with van der Waals surface area (Å²) in [5.74, 6) is 0.470. The number of hydrogen-bond donors (Lipinski definition) is 2. The third-order valence-electron chi connectivity index (χ3n) is 3.80. The van der Waals surface area contributed by atoms with Crippen LogP contribution in [0.15, 0.2) is 12.2 Å². The lowest BCUT2D eigenvalue weighted by Gasteiger charge is -2.19. The van der Waals surface area contributed by atoms with Crippen molar-refractivity contribution in [3.63, 3.8) is 0 Å². The highest BCUT2D eigenvalue weighted by molar-refractivity contribution is 5.75. The zero-order chi connectivity index (χ0) is 19.2. The smallest absolute Gasteiger partial charge is 0.311 e. The maximum Gasteiger partial charge on any atom is 0.311 e. The summed E-state index contributed by atoms with van der Waals surface area (Å²) in [6.07, 6.45) is 3.93. The predicted molar refractivity (Wildman–Crippen MR) is 95.1 cm³/mol. The van der Waals surface area contributed by atoms with Crippen LogP contribution in [-0.2, 0) is 22.6 Å². The maximum atomic E-state index is 11.7. The molecule has 0 aliphatic heterocycles. The summed E-state index contributed by atoms with van der Waals surface area (Å²) in [6.45, 7) is 6.97. The number of aliphatic hydroxyl groups is 1. The molecule has 0 amide bonds. The van der Waals surface area contributed by atoms with E-state index in [0.717, 1.165) is 0 Å². The first kappa shape index (κ1) is 20.8. The lowest BCUT2D eigenvalue weighted by molar-refractivity contribution is -0.151. The van der Waals surface area contributed by atoms with Gasteiger partial charge in [0.05, 0.1) is 26.2 Å². The van der Waals surface area contributed by atoms with Gasteiger partial charge in [0.1, 0.15) is 12.4 Å². The number of phenols is 1. The lowest BCUT2D eigenvalue weighted by atomic mass is 9.97. The van der Waals surface area contributed by atoms with Crippen LogP contribution in [0.3, 0.4) is 0 Å². The van der Waals surface area contributed by atoms with Crippen LogP contribution in [0.1, 0.15) is 37.5 Å². The van der Waals surface area contributed by atoms with E-state index in [1.807, 2.05) is 0 Å². The number of carbonyl (C=O) groups excluding carboxylic acids is 1. The number of carbonyl (C=O) groups is 1. The van der Waals surface area contributed by atoms with Crippen molar-refractivity contribution in [2.24, 2.45) is 5.41 Å². The quantitative estimate of drug-likeness (QED) is 0.580. The van der Waals surface area contributed by atoms with Crippen LogP contribution in [0, 0.1) is 12.3 Å². The molecule has 0 aromatic heterocycles. The van der Waals surface area contributed by atoms with Crippen molar-refractivity contribution in [1.82, 2.24) is 0 Å². The lowest BCUT2D eigenvalue weighted by Crippen LogP contribution is -2.22. The summed E-state index contributed by atoms with van der Waals surface area (Å²) in [5.41, 5.74) is 1.14. The van der Waals surface area contributed by atoms with E-state index in [0.29, 0.717) is 28.9 Å². The van der Waals surface area contributed by atoms with Crippen molar-refractivity contribution in [3.05, 3.63) is 28.8 Å². The van der Waals surface area contributed by atoms with Gasteiger partial charge < -0.3 is 24.4 Å². The largest absolute Gasteiger partial charge is 0.504 e. The van der Waals surface area contributed by atoms with Gasteiger partial charge in [0, 0.05) is 16.7 Å². The summed E-state index contributed by atoms with van der Waals surface area (Å²) in [4.78, 5) is 11.7. The first-order valence-electron chi connectivity index (χ1n) is 8.07. The predicted octanol–water partition coefficient (Wildman–Crippen LogP) is 2.90. The van der Waals surface area contributed by atoms with Crippen molar-refractivity contribution < 1.29 is 29.2 Å². The van der Waals surface area contributed by atoms with Crippen LogP contribution < -0.4 is 9.47 Å². The number of rotatable bonds is 7. The molecule has 1 aromatic rings. The van der Waals surface area contributed by atoms with Gasteiger partial charge in [-0.2, -0.15) is 0 Å². The Hall–Kier alpha value is -2.21. The molecule has 0 radical (unpaired) electrons. The van der Waals surface area contributed by atoms with E-state index in [9.17, 15) is 15.0 Å². The Morgan fingerprint density at radius 3 is 2.16 bits per heavy atom. The molecule has 0 aliphatic carbocycles. The topological polar surface area (TPSA) is 85.2 Å². The van der Waals surface area contributed by atoms with Gasteiger partial charge in [0.25, 0.3) is 0 Å².